The first kappa shape index (κ1) is 14.3. The van der Waals surface area contributed by atoms with Crippen molar-refractivity contribution in [3.05, 3.63) is 69.2 Å². The monoisotopic (exact) mass is 301 g/mol. The predicted molar refractivity (Wildman–Crippen MR) is 73.5 cm³/mol. The van der Waals surface area contributed by atoms with Gasteiger partial charge in [0.05, 0.1) is 5.02 Å². The fourth-order valence-electron chi connectivity index (χ4n) is 1.83. The molecule has 2 rings (SSSR count). The van der Waals surface area contributed by atoms with E-state index in [1.165, 1.54) is 24.3 Å². The van der Waals surface area contributed by atoms with Crippen molar-refractivity contribution in [2.75, 3.05) is 0 Å². The molecule has 19 heavy (non-hydrogen) atoms. The Morgan fingerprint density at radius 3 is 2.37 bits per heavy atom. The van der Waals surface area contributed by atoms with E-state index in [9.17, 15) is 8.78 Å². The Labute approximate surface area is 119 Å². The maximum atomic E-state index is 13.0. The molecule has 2 N–H and O–H groups in total. The lowest BCUT2D eigenvalue weighted by Crippen LogP contribution is -2.14. The summed E-state index contributed by atoms with van der Waals surface area (Å²) in [6.45, 7) is 0. The molecule has 0 fully saturated rings. The molecule has 0 aliphatic heterocycles. The summed E-state index contributed by atoms with van der Waals surface area (Å²) in [5.41, 5.74) is 7.46. The van der Waals surface area contributed by atoms with Gasteiger partial charge in [-0.25, -0.2) is 8.78 Å². The highest BCUT2D eigenvalue weighted by molar-refractivity contribution is 6.31. The molecule has 0 radical (unpaired) electrons. The lowest BCUT2D eigenvalue weighted by Gasteiger charge is -2.14. The van der Waals surface area contributed by atoms with E-state index < -0.39 is 17.7 Å². The first-order chi connectivity index (χ1) is 8.97. The van der Waals surface area contributed by atoms with E-state index in [4.69, 9.17) is 28.9 Å². The fraction of sp³-hybridized carbons (Fsp3) is 0.143. The summed E-state index contributed by atoms with van der Waals surface area (Å²) in [4.78, 5) is 0. The van der Waals surface area contributed by atoms with Crippen LogP contribution in [-0.4, -0.2) is 0 Å². The zero-order valence-corrected chi connectivity index (χ0v) is 11.3. The SMILES string of the molecule is NC(Cc1ccc(F)c(Cl)c1)c1ccc(F)cc1Cl. The Hall–Kier alpha value is -1.16. The Bertz CT molecular complexity index is 602. The summed E-state index contributed by atoms with van der Waals surface area (Å²) in [7, 11) is 0. The lowest BCUT2D eigenvalue weighted by molar-refractivity contribution is 0.622. The first-order valence-corrected chi connectivity index (χ1v) is 6.37. The van der Waals surface area contributed by atoms with Gasteiger partial charge in [0.25, 0.3) is 0 Å². The van der Waals surface area contributed by atoms with Gasteiger partial charge in [0.15, 0.2) is 0 Å². The van der Waals surface area contributed by atoms with Crippen molar-refractivity contribution >= 4 is 23.2 Å². The molecule has 1 atom stereocenters. The van der Waals surface area contributed by atoms with Crippen LogP contribution < -0.4 is 5.73 Å². The molecule has 1 unspecified atom stereocenters. The van der Waals surface area contributed by atoms with Gasteiger partial charge in [0.2, 0.25) is 0 Å². The Kier molecular flexibility index (Phi) is 4.40. The summed E-state index contributed by atoms with van der Waals surface area (Å²) in [5, 5.41) is 0.329. The highest BCUT2D eigenvalue weighted by atomic mass is 35.5. The normalized spacial score (nSPS) is 12.5. The van der Waals surface area contributed by atoms with E-state index in [0.717, 1.165) is 5.56 Å². The van der Waals surface area contributed by atoms with E-state index in [1.807, 2.05) is 0 Å². The van der Waals surface area contributed by atoms with E-state index in [2.05, 4.69) is 0 Å². The highest BCUT2D eigenvalue weighted by Gasteiger charge is 2.12. The van der Waals surface area contributed by atoms with Crippen molar-refractivity contribution < 1.29 is 8.78 Å². The molecule has 100 valence electrons. The molecule has 0 bridgehead atoms. The van der Waals surface area contributed by atoms with Crippen LogP contribution in [0.3, 0.4) is 0 Å². The van der Waals surface area contributed by atoms with Gasteiger partial charge in [-0.1, -0.05) is 35.3 Å². The van der Waals surface area contributed by atoms with Crippen molar-refractivity contribution in [3.8, 4) is 0 Å². The van der Waals surface area contributed by atoms with E-state index in [1.54, 1.807) is 12.1 Å². The molecule has 2 aromatic rings. The molecule has 0 amide bonds. The van der Waals surface area contributed by atoms with Crippen LogP contribution in [0.15, 0.2) is 36.4 Å². The van der Waals surface area contributed by atoms with Crippen molar-refractivity contribution in [1.29, 1.82) is 0 Å². The topological polar surface area (TPSA) is 26.0 Å². The van der Waals surface area contributed by atoms with Gasteiger partial charge in [-0.15, -0.1) is 0 Å². The summed E-state index contributed by atoms with van der Waals surface area (Å²) in [6.07, 6.45) is 0.436. The van der Waals surface area contributed by atoms with Crippen LogP contribution in [0.4, 0.5) is 8.78 Å². The molecule has 0 saturated carbocycles. The van der Waals surface area contributed by atoms with E-state index >= 15 is 0 Å². The Balaban J connectivity index is 2.20. The van der Waals surface area contributed by atoms with Crippen molar-refractivity contribution in [1.82, 2.24) is 0 Å². The minimum absolute atomic E-state index is 0.0508. The second-order valence-corrected chi connectivity index (χ2v) is 5.04. The first-order valence-electron chi connectivity index (χ1n) is 5.62. The molecule has 1 nitrogen and oxygen atoms in total. The van der Waals surface area contributed by atoms with Gasteiger partial charge in [-0.05, 0) is 41.8 Å². The third-order valence-electron chi connectivity index (χ3n) is 2.80. The highest BCUT2D eigenvalue weighted by Crippen LogP contribution is 2.26. The molecule has 0 saturated heterocycles. The van der Waals surface area contributed by atoms with Crippen LogP contribution in [0.2, 0.25) is 10.0 Å². The smallest absolute Gasteiger partial charge is 0.141 e. The van der Waals surface area contributed by atoms with Crippen LogP contribution in [0, 0.1) is 11.6 Å². The van der Waals surface area contributed by atoms with Gasteiger partial charge in [0, 0.05) is 11.1 Å². The summed E-state index contributed by atoms with van der Waals surface area (Å²) in [6, 6.07) is 8.08. The largest absolute Gasteiger partial charge is 0.324 e. The van der Waals surface area contributed by atoms with Crippen LogP contribution in [0.25, 0.3) is 0 Å². The van der Waals surface area contributed by atoms with Crippen molar-refractivity contribution in [2.45, 2.75) is 12.5 Å². The molecule has 0 aliphatic rings. The predicted octanol–water partition coefficient (Wildman–Crippen LogP) is 4.51. The average molecular weight is 302 g/mol. The molecule has 0 heterocycles. The Morgan fingerprint density at radius 1 is 1.00 bits per heavy atom. The number of hydrogen-bond acceptors (Lipinski definition) is 1. The van der Waals surface area contributed by atoms with Crippen molar-refractivity contribution in [3.63, 3.8) is 0 Å². The van der Waals surface area contributed by atoms with Crippen molar-refractivity contribution in [2.24, 2.45) is 5.73 Å². The zero-order chi connectivity index (χ0) is 14.0. The standard InChI is InChI=1S/C14H11Cl2F2N/c15-11-7-9(17)2-3-10(11)14(19)6-8-1-4-13(18)12(16)5-8/h1-5,7,14H,6,19H2. The summed E-state index contributed by atoms with van der Waals surface area (Å²) in [5.74, 6) is -0.885. The quantitative estimate of drug-likeness (QED) is 0.886. The minimum atomic E-state index is -0.473. The van der Waals surface area contributed by atoms with E-state index in [-0.39, 0.29) is 10.0 Å². The van der Waals surface area contributed by atoms with Crippen LogP contribution in [-0.2, 0) is 6.42 Å². The van der Waals surface area contributed by atoms with Gasteiger partial charge < -0.3 is 5.73 Å². The molecule has 5 heteroatoms. The van der Waals surface area contributed by atoms with E-state index in [0.29, 0.717) is 12.0 Å². The maximum Gasteiger partial charge on any atom is 0.141 e. The third-order valence-corrected chi connectivity index (χ3v) is 3.42. The number of hydrogen-bond donors (Lipinski definition) is 1. The number of rotatable bonds is 3. The van der Waals surface area contributed by atoms with Crippen LogP contribution in [0.1, 0.15) is 17.2 Å². The number of halogens is 4. The van der Waals surface area contributed by atoms with Gasteiger partial charge >= 0.3 is 0 Å². The third kappa shape index (κ3) is 3.44. The van der Waals surface area contributed by atoms with Crippen LogP contribution >= 0.6 is 23.2 Å². The molecular formula is C14H11Cl2F2N. The van der Waals surface area contributed by atoms with Crippen LogP contribution in [0.5, 0.6) is 0 Å². The molecule has 0 aliphatic carbocycles. The second-order valence-electron chi connectivity index (χ2n) is 4.22. The number of nitrogens with two attached hydrogens (primary N) is 1. The maximum absolute atomic E-state index is 13.0. The summed E-state index contributed by atoms with van der Waals surface area (Å²) >= 11 is 11.6. The molecular weight excluding hydrogens is 291 g/mol. The van der Waals surface area contributed by atoms with Gasteiger partial charge in [0.1, 0.15) is 11.6 Å². The summed E-state index contributed by atoms with van der Waals surface area (Å²) < 4.78 is 26.0. The second kappa shape index (κ2) is 5.87. The Morgan fingerprint density at radius 2 is 1.74 bits per heavy atom. The zero-order valence-electron chi connectivity index (χ0n) is 9.84. The molecule has 0 aromatic heterocycles. The minimum Gasteiger partial charge on any atom is -0.324 e. The molecule has 2 aromatic carbocycles. The van der Waals surface area contributed by atoms with Gasteiger partial charge in [-0.2, -0.15) is 0 Å². The lowest BCUT2D eigenvalue weighted by atomic mass is 9.99. The molecule has 0 spiro atoms. The average Bonchev–Trinajstić information content (AvgIpc) is 2.33. The number of benzene rings is 2. The van der Waals surface area contributed by atoms with Gasteiger partial charge in [-0.3, -0.25) is 0 Å². The fourth-order valence-corrected chi connectivity index (χ4v) is 2.34.